The van der Waals surface area contributed by atoms with E-state index in [1.54, 1.807) is 13.2 Å². The molecule has 0 spiro atoms. The molecular weight excluding hydrogens is 310 g/mol. The second-order valence-electron chi connectivity index (χ2n) is 5.46. The summed E-state index contributed by atoms with van der Waals surface area (Å²) in [5.74, 6) is 0.740. The highest BCUT2D eigenvalue weighted by molar-refractivity contribution is 6.68. The lowest BCUT2D eigenvalue weighted by atomic mass is 10.00. The Morgan fingerprint density at radius 3 is 2.61 bits per heavy atom. The minimum absolute atomic E-state index is 0.470. The summed E-state index contributed by atoms with van der Waals surface area (Å²) in [6.07, 6.45) is 0. The highest BCUT2D eigenvalue weighted by atomic mass is 35.5. The van der Waals surface area contributed by atoms with Crippen LogP contribution < -0.4 is 4.74 Å². The Balaban J connectivity index is 2.33. The summed E-state index contributed by atoms with van der Waals surface area (Å²) in [5.41, 5.74) is 5.03. The highest BCUT2D eigenvalue weighted by Gasteiger charge is 2.14. The molecule has 0 N–H and O–H groups in total. The Bertz CT molecular complexity index is 919. The number of pyridine rings is 1. The standard InChI is InChI=1S/C19H16ClNO2/c1-11-7-8-15-16(19(20)22)10-17(21-18(15)12(11)2)13-5-4-6-14(9-13)23-3/h4-10H,1-3H3. The second-order valence-corrected chi connectivity index (χ2v) is 5.81. The molecule has 0 saturated heterocycles. The zero-order chi connectivity index (χ0) is 16.6. The van der Waals surface area contributed by atoms with E-state index in [1.165, 1.54) is 0 Å². The number of fused-ring (bicyclic) bond motifs is 1. The molecule has 1 aromatic heterocycles. The van der Waals surface area contributed by atoms with Crippen molar-refractivity contribution in [1.82, 2.24) is 4.98 Å². The van der Waals surface area contributed by atoms with Gasteiger partial charge in [0.25, 0.3) is 5.24 Å². The molecule has 3 nitrogen and oxygen atoms in total. The molecule has 23 heavy (non-hydrogen) atoms. The maximum absolute atomic E-state index is 11.9. The molecule has 0 bridgehead atoms. The van der Waals surface area contributed by atoms with Gasteiger partial charge < -0.3 is 4.74 Å². The Hall–Kier alpha value is -2.39. The van der Waals surface area contributed by atoms with Crippen molar-refractivity contribution >= 4 is 27.7 Å². The number of carbonyl (C=O) groups excluding carboxylic acids is 1. The number of ether oxygens (including phenoxy) is 1. The highest BCUT2D eigenvalue weighted by Crippen LogP contribution is 2.30. The van der Waals surface area contributed by atoms with Crippen LogP contribution >= 0.6 is 11.6 Å². The Morgan fingerprint density at radius 1 is 1.13 bits per heavy atom. The normalized spacial score (nSPS) is 10.8. The van der Waals surface area contributed by atoms with Gasteiger partial charge in [-0.25, -0.2) is 4.98 Å². The SMILES string of the molecule is COc1cccc(-c2cc(C(=O)Cl)c3ccc(C)c(C)c3n2)c1. The van der Waals surface area contributed by atoms with Gasteiger partial charge in [0.05, 0.1) is 18.3 Å². The van der Waals surface area contributed by atoms with Crippen LogP contribution in [-0.2, 0) is 0 Å². The quantitative estimate of drug-likeness (QED) is 0.642. The first kappa shape index (κ1) is 15.5. The monoisotopic (exact) mass is 325 g/mol. The predicted octanol–water partition coefficient (Wildman–Crippen LogP) is 4.91. The predicted molar refractivity (Wildman–Crippen MR) is 93.4 cm³/mol. The van der Waals surface area contributed by atoms with E-state index in [2.05, 4.69) is 0 Å². The van der Waals surface area contributed by atoms with Crippen molar-refractivity contribution in [2.45, 2.75) is 13.8 Å². The first-order valence-corrected chi connectivity index (χ1v) is 7.64. The molecule has 2 aromatic carbocycles. The zero-order valence-electron chi connectivity index (χ0n) is 13.2. The molecule has 0 unspecified atom stereocenters. The maximum atomic E-state index is 11.9. The fourth-order valence-corrected chi connectivity index (χ4v) is 2.78. The number of aryl methyl sites for hydroxylation is 2. The summed E-state index contributed by atoms with van der Waals surface area (Å²) in [5, 5.41) is 0.296. The number of hydrogen-bond acceptors (Lipinski definition) is 3. The van der Waals surface area contributed by atoms with E-state index in [9.17, 15) is 4.79 Å². The van der Waals surface area contributed by atoms with Crippen molar-refractivity contribution in [3.63, 3.8) is 0 Å². The van der Waals surface area contributed by atoms with Crippen LogP contribution in [0, 0.1) is 13.8 Å². The number of hydrogen-bond donors (Lipinski definition) is 0. The van der Waals surface area contributed by atoms with Gasteiger partial charge in [-0.2, -0.15) is 0 Å². The minimum Gasteiger partial charge on any atom is -0.497 e. The van der Waals surface area contributed by atoms with Gasteiger partial charge in [0.1, 0.15) is 5.75 Å². The number of benzene rings is 2. The molecule has 0 aliphatic rings. The third-order valence-corrected chi connectivity index (χ3v) is 4.29. The molecule has 0 fully saturated rings. The van der Waals surface area contributed by atoms with Gasteiger partial charge in [-0.3, -0.25) is 4.79 Å². The van der Waals surface area contributed by atoms with Gasteiger partial charge in [0.2, 0.25) is 0 Å². The van der Waals surface area contributed by atoms with E-state index in [0.717, 1.165) is 33.3 Å². The van der Waals surface area contributed by atoms with Crippen LogP contribution in [0.15, 0.2) is 42.5 Å². The van der Waals surface area contributed by atoms with Crippen LogP contribution in [-0.4, -0.2) is 17.3 Å². The topological polar surface area (TPSA) is 39.2 Å². The van der Waals surface area contributed by atoms with Crippen LogP contribution in [0.2, 0.25) is 0 Å². The van der Waals surface area contributed by atoms with Crippen LogP contribution in [0.1, 0.15) is 21.5 Å². The minimum atomic E-state index is -0.482. The summed E-state index contributed by atoms with van der Waals surface area (Å²) in [6, 6.07) is 13.2. The zero-order valence-corrected chi connectivity index (χ0v) is 13.9. The maximum Gasteiger partial charge on any atom is 0.253 e. The summed E-state index contributed by atoms with van der Waals surface area (Å²) < 4.78 is 5.26. The smallest absolute Gasteiger partial charge is 0.253 e. The number of aromatic nitrogens is 1. The van der Waals surface area contributed by atoms with E-state index in [-0.39, 0.29) is 0 Å². The first-order chi connectivity index (χ1) is 11.0. The number of methoxy groups -OCH3 is 1. The van der Waals surface area contributed by atoms with Crippen molar-refractivity contribution in [2.24, 2.45) is 0 Å². The summed E-state index contributed by atoms with van der Waals surface area (Å²) in [4.78, 5) is 16.6. The van der Waals surface area contributed by atoms with Crippen LogP contribution in [0.4, 0.5) is 0 Å². The molecule has 0 saturated carbocycles. The fraction of sp³-hybridized carbons (Fsp3) is 0.158. The van der Waals surface area contributed by atoms with Crippen molar-refractivity contribution in [2.75, 3.05) is 7.11 Å². The average Bonchev–Trinajstić information content (AvgIpc) is 2.57. The van der Waals surface area contributed by atoms with Crippen molar-refractivity contribution in [3.05, 3.63) is 59.2 Å². The fourth-order valence-electron chi connectivity index (χ4n) is 2.62. The van der Waals surface area contributed by atoms with Crippen molar-refractivity contribution < 1.29 is 9.53 Å². The molecule has 0 aliphatic heterocycles. The molecule has 3 rings (SSSR count). The Morgan fingerprint density at radius 2 is 1.91 bits per heavy atom. The number of rotatable bonds is 3. The number of nitrogens with zero attached hydrogens (tertiary/aromatic N) is 1. The molecule has 0 amide bonds. The summed E-state index contributed by atoms with van der Waals surface area (Å²) in [6.45, 7) is 4.03. The van der Waals surface area contributed by atoms with Gasteiger partial charge in [-0.05, 0) is 54.8 Å². The Labute approximate surface area is 139 Å². The average molecular weight is 326 g/mol. The second kappa shape index (κ2) is 6.01. The van der Waals surface area contributed by atoms with Gasteiger partial charge in [-0.15, -0.1) is 0 Å². The van der Waals surface area contributed by atoms with E-state index in [1.807, 2.05) is 50.2 Å². The molecule has 0 atom stereocenters. The molecule has 4 heteroatoms. The van der Waals surface area contributed by atoms with E-state index in [4.69, 9.17) is 21.3 Å². The third kappa shape index (κ3) is 2.80. The number of carbonyl (C=O) groups is 1. The summed E-state index contributed by atoms with van der Waals surface area (Å²) >= 11 is 5.80. The van der Waals surface area contributed by atoms with Crippen molar-refractivity contribution in [3.8, 4) is 17.0 Å². The van der Waals surface area contributed by atoms with Crippen LogP contribution in [0.3, 0.4) is 0 Å². The van der Waals surface area contributed by atoms with E-state index >= 15 is 0 Å². The van der Waals surface area contributed by atoms with Gasteiger partial charge in [0.15, 0.2) is 0 Å². The van der Waals surface area contributed by atoms with E-state index < -0.39 is 5.24 Å². The summed E-state index contributed by atoms with van der Waals surface area (Å²) in [7, 11) is 1.62. The third-order valence-electron chi connectivity index (χ3n) is 4.08. The molecule has 116 valence electrons. The first-order valence-electron chi connectivity index (χ1n) is 7.26. The largest absolute Gasteiger partial charge is 0.497 e. The van der Waals surface area contributed by atoms with Crippen molar-refractivity contribution in [1.29, 1.82) is 0 Å². The molecule has 1 heterocycles. The van der Waals surface area contributed by atoms with E-state index in [0.29, 0.717) is 11.3 Å². The molecule has 0 aliphatic carbocycles. The lowest BCUT2D eigenvalue weighted by Gasteiger charge is -2.11. The molecular formula is C19H16ClNO2. The lowest BCUT2D eigenvalue weighted by Crippen LogP contribution is -1.98. The molecule has 0 radical (unpaired) electrons. The Kier molecular flexibility index (Phi) is 4.05. The van der Waals surface area contributed by atoms with Gasteiger partial charge in [-0.1, -0.05) is 24.3 Å². The van der Waals surface area contributed by atoms with Gasteiger partial charge >= 0.3 is 0 Å². The number of halogens is 1. The van der Waals surface area contributed by atoms with Crippen LogP contribution in [0.5, 0.6) is 5.75 Å². The van der Waals surface area contributed by atoms with Gasteiger partial charge in [0, 0.05) is 16.5 Å². The molecule has 3 aromatic rings. The lowest BCUT2D eigenvalue weighted by molar-refractivity contribution is 0.108. The van der Waals surface area contributed by atoms with Crippen LogP contribution in [0.25, 0.3) is 22.2 Å².